The molecule has 0 amide bonds. The van der Waals surface area contributed by atoms with Crippen molar-refractivity contribution in [3.63, 3.8) is 0 Å². The molecule has 2 N–H and O–H groups in total. The fourth-order valence-electron chi connectivity index (χ4n) is 1.13. The molecular weight excluding hydrogens is 240 g/mol. The van der Waals surface area contributed by atoms with Crippen molar-refractivity contribution in [2.45, 2.75) is 11.3 Å². The molecule has 0 saturated carbocycles. The Balaban J connectivity index is 2.95. The molecule has 0 heterocycles. The van der Waals surface area contributed by atoms with Crippen LogP contribution in [-0.2, 0) is 10.0 Å². The number of hydrogen-bond donors (Lipinski definition) is 1. The predicted octanol–water partition coefficient (Wildman–Crippen LogP) is 1.39. The molecule has 17 heavy (non-hydrogen) atoms. The van der Waals surface area contributed by atoms with Crippen LogP contribution in [0.4, 0.5) is 0 Å². The van der Waals surface area contributed by atoms with Crippen LogP contribution in [0.5, 0.6) is 0 Å². The van der Waals surface area contributed by atoms with Gasteiger partial charge in [0.1, 0.15) is 0 Å². The first-order chi connectivity index (χ1) is 8.05. The monoisotopic (exact) mass is 250 g/mol. The van der Waals surface area contributed by atoms with Crippen molar-refractivity contribution in [1.82, 2.24) is 0 Å². The normalized spacial score (nSPS) is 9.94. The third kappa shape index (κ3) is 4.17. The molecule has 7 heteroatoms. The Hall–Kier alpha value is -2.00. The number of nitrogens with zero attached hydrogens (tertiary/aromatic N) is 3. The first-order valence-corrected chi connectivity index (χ1v) is 6.22. The Kier molecular flexibility index (Phi) is 4.55. The maximum Gasteiger partial charge on any atom is 0.239 e. The largest absolute Gasteiger partial charge is 0.239 e. The summed E-state index contributed by atoms with van der Waals surface area (Å²) in [7, 11) is -3.77. The third-order valence-corrected chi connectivity index (χ3v) is 2.79. The lowest BCUT2D eigenvalue weighted by atomic mass is 10.2. The van der Waals surface area contributed by atoms with E-state index in [2.05, 4.69) is 21.9 Å². The molecule has 0 bridgehead atoms. The molecule has 0 unspecified atom stereocenters. The summed E-state index contributed by atoms with van der Waals surface area (Å²) in [6, 6.07) is 6.21. The van der Waals surface area contributed by atoms with Gasteiger partial charge in [0.05, 0.1) is 4.90 Å². The van der Waals surface area contributed by atoms with E-state index in [4.69, 9.17) is 10.7 Å². The molecular formula is C10H10N4O2S. The average Bonchev–Trinajstić information content (AvgIpc) is 2.28. The number of rotatable bonds is 3. The van der Waals surface area contributed by atoms with Crippen LogP contribution < -0.4 is 5.14 Å². The molecule has 0 aromatic heterocycles. The Morgan fingerprint density at radius 2 is 2.12 bits per heavy atom. The highest BCUT2D eigenvalue weighted by molar-refractivity contribution is 7.89. The second-order valence-corrected chi connectivity index (χ2v) is 4.58. The summed E-state index contributed by atoms with van der Waals surface area (Å²) in [4.78, 5) is 2.57. The lowest BCUT2D eigenvalue weighted by Crippen LogP contribution is -2.13. The molecule has 0 aliphatic carbocycles. The van der Waals surface area contributed by atoms with Crippen molar-refractivity contribution in [2.75, 3.05) is 6.54 Å². The third-order valence-electron chi connectivity index (χ3n) is 1.82. The molecule has 0 aliphatic rings. The molecule has 0 aliphatic heterocycles. The maximum absolute atomic E-state index is 11.2. The molecule has 1 rings (SSSR count). The van der Waals surface area contributed by atoms with Gasteiger partial charge in [-0.3, -0.25) is 0 Å². The minimum absolute atomic E-state index is 0.00344. The van der Waals surface area contributed by atoms with Crippen molar-refractivity contribution >= 4 is 10.0 Å². The van der Waals surface area contributed by atoms with Gasteiger partial charge in [-0.05, 0) is 17.7 Å². The maximum atomic E-state index is 11.2. The summed E-state index contributed by atoms with van der Waals surface area (Å²) in [6.07, 6.45) is 0.364. The van der Waals surface area contributed by atoms with Crippen LogP contribution in [0.1, 0.15) is 12.0 Å². The number of nitrogens with two attached hydrogens (primary N) is 1. The summed E-state index contributed by atoms with van der Waals surface area (Å²) < 4.78 is 22.5. The van der Waals surface area contributed by atoms with E-state index in [-0.39, 0.29) is 11.4 Å². The molecule has 0 fully saturated rings. The van der Waals surface area contributed by atoms with Gasteiger partial charge in [-0.15, -0.1) is 0 Å². The Morgan fingerprint density at radius 3 is 2.76 bits per heavy atom. The highest BCUT2D eigenvalue weighted by atomic mass is 32.2. The van der Waals surface area contributed by atoms with Gasteiger partial charge in [0.15, 0.2) is 0 Å². The van der Waals surface area contributed by atoms with Crippen LogP contribution in [0.3, 0.4) is 0 Å². The Bertz CT molecular complexity index is 607. The van der Waals surface area contributed by atoms with Crippen molar-refractivity contribution in [3.8, 4) is 11.8 Å². The topological polar surface area (TPSA) is 109 Å². The Labute approximate surface area is 99.1 Å². The van der Waals surface area contributed by atoms with E-state index in [1.807, 2.05) is 0 Å². The average molecular weight is 250 g/mol. The first-order valence-electron chi connectivity index (χ1n) is 4.67. The van der Waals surface area contributed by atoms with E-state index in [0.29, 0.717) is 12.0 Å². The minimum Gasteiger partial charge on any atom is -0.225 e. The second kappa shape index (κ2) is 5.92. The standard InChI is InChI=1S/C10H10N4O2S/c11-14-13-8-4-3-6-9-5-1-2-7-10(9)17(12,15)16/h1-2,5,7H,4,8H2,(H2,12,15,16). The van der Waals surface area contributed by atoms with E-state index in [9.17, 15) is 8.42 Å². The number of benzene rings is 1. The smallest absolute Gasteiger partial charge is 0.225 e. The van der Waals surface area contributed by atoms with Crippen molar-refractivity contribution in [3.05, 3.63) is 40.3 Å². The molecule has 1 aromatic carbocycles. The predicted molar refractivity (Wildman–Crippen MR) is 63.3 cm³/mol. The molecule has 6 nitrogen and oxygen atoms in total. The lowest BCUT2D eigenvalue weighted by molar-refractivity contribution is 0.597. The summed E-state index contributed by atoms with van der Waals surface area (Å²) in [5.74, 6) is 5.40. The van der Waals surface area contributed by atoms with E-state index in [1.54, 1.807) is 18.2 Å². The molecule has 0 spiro atoms. The summed E-state index contributed by atoms with van der Waals surface area (Å²) in [6.45, 7) is 0.251. The van der Waals surface area contributed by atoms with Crippen LogP contribution in [0.15, 0.2) is 34.3 Å². The van der Waals surface area contributed by atoms with Gasteiger partial charge in [0, 0.05) is 23.4 Å². The lowest BCUT2D eigenvalue weighted by Gasteiger charge is -2.00. The zero-order valence-electron chi connectivity index (χ0n) is 8.87. The number of hydrogen-bond acceptors (Lipinski definition) is 3. The second-order valence-electron chi connectivity index (χ2n) is 3.05. The number of azide groups is 1. The van der Waals surface area contributed by atoms with Gasteiger partial charge < -0.3 is 0 Å². The van der Waals surface area contributed by atoms with Gasteiger partial charge in [-0.2, -0.15) is 0 Å². The van der Waals surface area contributed by atoms with Crippen LogP contribution in [0, 0.1) is 11.8 Å². The fraction of sp³-hybridized carbons (Fsp3) is 0.200. The van der Waals surface area contributed by atoms with E-state index < -0.39 is 10.0 Å². The van der Waals surface area contributed by atoms with Crippen LogP contribution >= 0.6 is 0 Å². The van der Waals surface area contributed by atoms with Gasteiger partial charge in [-0.1, -0.05) is 29.1 Å². The SMILES string of the molecule is [N-]=[N+]=NCCC#Cc1ccccc1S(N)(=O)=O. The molecule has 0 atom stereocenters. The molecule has 88 valence electrons. The van der Waals surface area contributed by atoms with Crippen molar-refractivity contribution < 1.29 is 8.42 Å². The highest BCUT2D eigenvalue weighted by Crippen LogP contribution is 2.11. The molecule has 1 aromatic rings. The van der Waals surface area contributed by atoms with Crippen LogP contribution in [0.25, 0.3) is 10.4 Å². The van der Waals surface area contributed by atoms with Gasteiger partial charge in [0.25, 0.3) is 0 Å². The summed E-state index contributed by atoms with van der Waals surface area (Å²) in [5, 5.41) is 8.36. The van der Waals surface area contributed by atoms with E-state index in [1.165, 1.54) is 6.07 Å². The fourth-order valence-corrected chi connectivity index (χ4v) is 1.82. The van der Waals surface area contributed by atoms with Gasteiger partial charge in [0.2, 0.25) is 10.0 Å². The van der Waals surface area contributed by atoms with E-state index in [0.717, 1.165) is 0 Å². The van der Waals surface area contributed by atoms with E-state index >= 15 is 0 Å². The minimum atomic E-state index is -3.77. The first kappa shape index (κ1) is 13.1. The zero-order chi connectivity index (χ0) is 12.7. The molecule has 0 radical (unpaired) electrons. The highest BCUT2D eigenvalue weighted by Gasteiger charge is 2.10. The van der Waals surface area contributed by atoms with Gasteiger partial charge >= 0.3 is 0 Å². The Morgan fingerprint density at radius 1 is 1.41 bits per heavy atom. The van der Waals surface area contributed by atoms with Crippen LogP contribution in [0.2, 0.25) is 0 Å². The van der Waals surface area contributed by atoms with Gasteiger partial charge in [-0.25, -0.2) is 13.6 Å². The van der Waals surface area contributed by atoms with Crippen LogP contribution in [-0.4, -0.2) is 15.0 Å². The zero-order valence-corrected chi connectivity index (χ0v) is 9.68. The summed E-state index contributed by atoms with van der Waals surface area (Å²) in [5.41, 5.74) is 8.39. The van der Waals surface area contributed by atoms with Crippen molar-refractivity contribution in [1.29, 1.82) is 0 Å². The number of sulfonamides is 1. The quantitative estimate of drug-likeness (QED) is 0.287. The number of primary sulfonamides is 1. The molecule has 0 saturated heterocycles. The van der Waals surface area contributed by atoms with Crippen molar-refractivity contribution in [2.24, 2.45) is 10.3 Å². The summed E-state index contributed by atoms with van der Waals surface area (Å²) >= 11 is 0.